The lowest BCUT2D eigenvalue weighted by molar-refractivity contribution is 0.239. The Hall–Kier alpha value is -0.573. The molecule has 0 aromatic carbocycles. The molecule has 0 radical (unpaired) electrons. The third-order valence-electron chi connectivity index (χ3n) is 1.24. The van der Waals surface area contributed by atoms with Gasteiger partial charge in [-0.05, 0) is 26.3 Å². The lowest BCUT2D eigenvalue weighted by atomic mass is 10.5. The topological polar surface area (TPSA) is 35.5 Å². The summed E-state index contributed by atoms with van der Waals surface area (Å²) in [7, 11) is -0.363. The Kier molecular flexibility index (Phi) is 8.12. The van der Waals surface area contributed by atoms with Gasteiger partial charge in [-0.2, -0.15) is 0 Å². The van der Waals surface area contributed by atoms with Crippen LogP contribution in [0.15, 0.2) is 6.26 Å². The maximum Gasteiger partial charge on any atom is 0.166 e. The van der Waals surface area contributed by atoms with Crippen LogP contribution >= 0.6 is 0 Å². The molecule has 0 bridgehead atoms. The van der Waals surface area contributed by atoms with Gasteiger partial charge in [0.2, 0.25) is 0 Å². The predicted octanol–water partition coefficient (Wildman–Crippen LogP) is 0.665. The lowest BCUT2D eigenvalue weighted by Gasteiger charge is -2.05. The second-order valence-corrected chi connectivity index (χ2v) is 4.18. The molecular weight excluding hydrogens is 172 g/mol. The van der Waals surface area contributed by atoms with Crippen LogP contribution in [0.25, 0.3) is 0 Å². The zero-order valence-electron chi connectivity index (χ0n) is 7.71. The molecule has 0 aliphatic heterocycles. The molecule has 3 nitrogen and oxygen atoms in total. The Bertz CT molecular complexity index is 141. The van der Waals surface area contributed by atoms with Crippen LogP contribution in [0.4, 0.5) is 0 Å². The summed E-state index contributed by atoms with van der Waals surface area (Å²) in [5.74, 6) is 1.56. The van der Waals surface area contributed by atoms with E-state index in [1.807, 2.05) is 13.8 Å². The fourth-order valence-electron chi connectivity index (χ4n) is 0.699. The Morgan fingerprint density at radius 3 is 2.92 bits per heavy atom. The van der Waals surface area contributed by atoms with Gasteiger partial charge in [-0.15, -0.1) is 0 Å². The minimum Gasteiger partial charge on any atom is -0.490 e. The SMILES string of the molecule is CC(C)O[SiH2]CCCOC=C=O. The number of hydrogen-bond acceptors (Lipinski definition) is 3. The molecule has 0 fully saturated rings. The van der Waals surface area contributed by atoms with Gasteiger partial charge in [0.1, 0.15) is 0 Å². The summed E-state index contributed by atoms with van der Waals surface area (Å²) in [4.78, 5) is 9.66. The molecule has 12 heavy (non-hydrogen) atoms. The van der Waals surface area contributed by atoms with Crippen molar-refractivity contribution in [3.8, 4) is 0 Å². The van der Waals surface area contributed by atoms with Crippen molar-refractivity contribution in [2.75, 3.05) is 6.61 Å². The summed E-state index contributed by atoms with van der Waals surface area (Å²) in [6, 6.07) is 1.10. The molecule has 0 spiro atoms. The summed E-state index contributed by atoms with van der Waals surface area (Å²) < 4.78 is 10.3. The minimum absolute atomic E-state index is 0.354. The van der Waals surface area contributed by atoms with Crippen molar-refractivity contribution in [2.45, 2.75) is 32.4 Å². The second-order valence-electron chi connectivity index (χ2n) is 2.73. The number of rotatable bonds is 7. The summed E-state index contributed by atoms with van der Waals surface area (Å²) in [6.07, 6.45) is 2.38. The minimum atomic E-state index is -0.363. The van der Waals surface area contributed by atoms with Crippen molar-refractivity contribution in [3.63, 3.8) is 0 Å². The van der Waals surface area contributed by atoms with Gasteiger partial charge >= 0.3 is 0 Å². The zero-order valence-corrected chi connectivity index (χ0v) is 9.12. The first-order valence-electron chi connectivity index (χ1n) is 4.20. The Morgan fingerprint density at radius 2 is 2.33 bits per heavy atom. The van der Waals surface area contributed by atoms with Gasteiger partial charge in [0, 0.05) is 6.10 Å². The summed E-state index contributed by atoms with van der Waals surface area (Å²) in [5, 5.41) is 0. The number of ether oxygens (including phenoxy) is 1. The highest BCUT2D eigenvalue weighted by Gasteiger charge is 1.93. The lowest BCUT2D eigenvalue weighted by Crippen LogP contribution is -2.07. The van der Waals surface area contributed by atoms with E-state index in [9.17, 15) is 4.79 Å². The molecule has 0 atom stereocenters. The molecular formula is C8H16O3Si. The normalized spacial score (nSPS) is 10.6. The van der Waals surface area contributed by atoms with Gasteiger partial charge in [-0.3, -0.25) is 0 Å². The molecule has 70 valence electrons. The van der Waals surface area contributed by atoms with E-state index in [0.717, 1.165) is 18.7 Å². The van der Waals surface area contributed by atoms with Crippen molar-refractivity contribution >= 4 is 15.7 Å². The van der Waals surface area contributed by atoms with Crippen LogP contribution in [-0.2, 0) is 14.0 Å². The van der Waals surface area contributed by atoms with Crippen LogP contribution in [0, 0.1) is 0 Å². The van der Waals surface area contributed by atoms with Gasteiger partial charge in [-0.1, -0.05) is 0 Å². The summed E-state index contributed by atoms with van der Waals surface area (Å²) in [5.41, 5.74) is 0. The van der Waals surface area contributed by atoms with Crippen LogP contribution in [-0.4, -0.2) is 28.4 Å². The van der Waals surface area contributed by atoms with Crippen LogP contribution in [0.5, 0.6) is 0 Å². The van der Waals surface area contributed by atoms with E-state index in [1.54, 1.807) is 5.94 Å². The molecule has 0 aliphatic carbocycles. The molecule has 0 aromatic heterocycles. The van der Waals surface area contributed by atoms with Crippen LogP contribution < -0.4 is 0 Å². The molecule has 0 unspecified atom stereocenters. The van der Waals surface area contributed by atoms with Crippen LogP contribution in [0.3, 0.4) is 0 Å². The van der Waals surface area contributed by atoms with Crippen molar-refractivity contribution in [1.29, 1.82) is 0 Å². The highest BCUT2D eigenvalue weighted by Crippen LogP contribution is 1.93. The Morgan fingerprint density at radius 1 is 1.58 bits per heavy atom. The average Bonchev–Trinajstić information content (AvgIpc) is 2.02. The quantitative estimate of drug-likeness (QED) is 0.255. The first-order chi connectivity index (χ1) is 5.77. The Labute approximate surface area is 75.7 Å². The van der Waals surface area contributed by atoms with Gasteiger partial charge in [0.05, 0.1) is 6.61 Å². The summed E-state index contributed by atoms with van der Waals surface area (Å²) >= 11 is 0. The fourth-order valence-corrected chi connectivity index (χ4v) is 1.75. The molecule has 0 aromatic rings. The van der Waals surface area contributed by atoms with E-state index in [0.29, 0.717) is 12.7 Å². The van der Waals surface area contributed by atoms with Crippen molar-refractivity contribution < 1.29 is 14.0 Å². The third-order valence-corrected chi connectivity index (χ3v) is 2.93. The first-order valence-corrected chi connectivity index (χ1v) is 5.77. The largest absolute Gasteiger partial charge is 0.490 e. The van der Waals surface area contributed by atoms with Gasteiger partial charge < -0.3 is 9.16 Å². The van der Waals surface area contributed by atoms with Gasteiger partial charge in [0.15, 0.2) is 22.0 Å². The van der Waals surface area contributed by atoms with Crippen molar-refractivity contribution in [3.05, 3.63) is 6.26 Å². The van der Waals surface area contributed by atoms with E-state index < -0.39 is 0 Å². The second kappa shape index (κ2) is 8.52. The monoisotopic (exact) mass is 188 g/mol. The fraction of sp³-hybridized carbons (Fsp3) is 0.750. The van der Waals surface area contributed by atoms with E-state index in [2.05, 4.69) is 0 Å². The molecule has 0 rings (SSSR count). The standard InChI is InChI=1S/C8H16O3Si/c1-8(2)11-12-7-3-5-10-6-4-9/h6,8H,3,5,7,12H2,1-2H3. The van der Waals surface area contributed by atoms with Gasteiger partial charge in [-0.25, -0.2) is 4.79 Å². The first kappa shape index (κ1) is 11.4. The molecule has 0 saturated carbocycles. The predicted molar refractivity (Wildman–Crippen MR) is 50.4 cm³/mol. The van der Waals surface area contributed by atoms with E-state index in [-0.39, 0.29) is 9.76 Å². The molecule has 0 aliphatic rings. The van der Waals surface area contributed by atoms with E-state index in [1.165, 1.54) is 0 Å². The van der Waals surface area contributed by atoms with E-state index in [4.69, 9.17) is 9.16 Å². The molecule has 0 heterocycles. The maximum absolute atomic E-state index is 9.66. The van der Waals surface area contributed by atoms with Crippen LogP contribution in [0.1, 0.15) is 20.3 Å². The van der Waals surface area contributed by atoms with Crippen LogP contribution in [0.2, 0.25) is 6.04 Å². The summed E-state index contributed by atoms with van der Waals surface area (Å²) in [6.45, 7) is 4.68. The molecule has 0 N–H and O–H groups in total. The average molecular weight is 188 g/mol. The number of carbonyl (C=O) groups excluding carboxylic acids is 1. The maximum atomic E-state index is 9.66. The van der Waals surface area contributed by atoms with Crippen molar-refractivity contribution in [2.24, 2.45) is 0 Å². The Balaban J connectivity index is 2.95. The molecule has 0 amide bonds. The highest BCUT2D eigenvalue weighted by molar-refractivity contribution is 6.27. The highest BCUT2D eigenvalue weighted by atomic mass is 28.2. The van der Waals surface area contributed by atoms with E-state index >= 15 is 0 Å². The van der Waals surface area contributed by atoms with Crippen molar-refractivity contribution in [1.82, 2.24) is 0 Å². The van der Waals surface area contributed by atoms with Gasteiger partial charge in [0.25, 0.3) is 0 Å². The smallest absolute Gasteiger partial charge is 0.166 e. The molecule has 0 saturated heterocycles. The zero-order chi connectivity index (χ0) is 9.23. The number of hydrogen-bond donors (Lipinski definition) is 0. The third kappa shape index (κ3) is 9.43. The molecule has 4 heteroatoms.